The van der Waals surface area contributed by atoms with Gasteiger partial charge in [0.05, 0.1) is 33.0 Å². The maximum atomic E-state index is 12.7. The first kappa shape index (κ1) is 17.9. The summed E-state index contributed by atoms with van der Waals surface area (Å²) in [5.41, 5.74) is 0.201. The third-order valence-electron chi connectivity index (χ3n) is 5.36. The topological polar surface area (TPSA) is 63.2 Å². The van der Waals surface area contributed by atoms with Crippen LogP contribution in [0.25, 0.3) is 0 Å². The lowest BCUT2D eigenvalue weighted by Crippen LogP contribution is -2.65. The van der Waals surface area contributed by atoms with Crippen LogP contribution in [0.1, 0.15) is 37.0 Å². The molecule has 2 fully saturated rings. The predicted molar refractivity (Wildman–Crippen MR) is 91.5 cm³/mol. The van der Waals surface area contributed by atoms with Crippen molar-refractivity contribution < 1.29 is 28.5 Å². The smallest absolute Gasteiger partial charge is 0.338 e. The number of esters is 1. The first-order valence-corrected chi connectivity index (χ1v) is 8.56. The Hall–Kier alpha value is -1.95. The molecule has 1 saturated heterocycles. The normalized spacial score (nSPS) is 26.8. The van der Waals surface area contributed by atoms with Crippen molar-refractivity contribution in [3.8, 4) is 17.2 Å². The number of carbonyl (C=O) groups is 1. The van der Waals surface area contributed by atoms with E-state index in [9.17, 15) is 4.79 Å². The number of benzene rings is 1. The molecule has 3 atom stereocenters. The number of methoxy groups -OCH3 is 3. The molecular weight excluding hydrogens is 324 g/mol. The lowest BCUT2D eigenvalue weighted by atomic mass is 9.57. The van der Waals surface area contributed by atoms with Gasteiger partial charge in [0.25, 0.3) is 0 Å². The summed E-state index contributed by atoms with van der Waals surface area (Å²) in [5.74, 6) is 1.20. The molecule has 1 aliphatic carbocycles. The molecule has 1 saturated carbocycles. The van der Waals surface area contributed by atoms with E-state index >= 15 is 0 Å². The van der Waals surface area contributed by atoms with Crippen LogP contribution in [-0.4, -0.2) is 46.1 Å². The van der Waals surface area contributed by atoms with E-state index in [1.54, 1.807) is 12.1 Å². The first-order valence-electron chi connectivity index (χ1n) is 8.56. The van der Waals surface area contributed by atoms with Gasteiger partial charge in [-0.3, -0.25) is 0 Å². The van der Waals surface area contributed by atoms with E-state index in [0.717, 1.165) is 19.4 Å². The van der Waals surface area contributed by atoms with Crippen molar-refractivity contribution in [2.24, 2.45) is 11.3 Å². The van der Waals surface area contributed by atoms with E-state index in [2.05, 4.69) is 13.8 Å². The fourth-order valence-corrected chi connectivity index (χ4v) is 4.10. The molecule has 1 aromatic carbocycles. The molecule has 0 unspecified atom stereocenters. The van der Waals surface area contributed by atoms with Crippen molar-refractivity contribution in [1.29, 1.82) is 0 Å². The van der Waals surface area contributed by atoms with E-state index in [1.807, 2.05) is 0 Å². The minimum Gasteiger partial charge on any atom is -0.493 e. The fraction of sp³-hybridized carbons (Fsp3) is 0.632. The predicted octanol–water partition coefficient (Wildman–Crippen LogP) is 3.07. The molecule has 0 aromatic heterocycles. The molecule has 6 heteroatoms. The summed E-state index contributed by atoms with van der Waals surface area (Å²) < 4.78 is 27.6. The van der Waals surface area contributed by atoms with Gasteiger partial charge in [0.2, 0.25) is 5.75 Å². The van der Waals surface area contributed by atoms with E-state index in [-0.39, 0.29) is 29.5 Å². The molecule has 2 aliphatic rings. The Bertz CT molecular complexity index is 628. The lowest BCUT2D eigenvalue weighted by molar-refractivity contribution is -0.243. The highest BCUT2D eigenvalue weighted by molar-refractivity contribution is 5.91. The van der Waals surface area contributed by atoms with Crippen LogP contribution in [0, 0.1) is 11.3 Å². The molecule has 138 valence electrons. The Morgan fingerprint density at radius 2 is 1.76 bits per heavy atom. The summed E-state index contributed by atoms with van der Waals surface area (Å²) in [4.78, 5) is 12.7. The lowest BCUT2D eigenvalue weighted by Gasteiger charge is -2.58. The Morgan fingerprint density at radius 1 is 1.12 bits per heavy atom. The van der Waals surface area contributed by atoms with Crippen LogP contribution in [0.4, 0.5) is 0 Å². The zero-order valence-electron chi connectivity index (χ0n) is 15.5. The zero-order chi connectivity index (χ0) is 18.2. The molecule has 1 aliphatic heterocycles. The molecule has 3 rings (SSSR count). The van der Waals surface area contributed by atoms with E-state index in [1.165, 1.54) is 21.3 Å². The highest BCUT2D eigenvalue weighted by Crippen LogP contribution is 2.53. The molecule has 0 bridgehead atoms. The highest BCUT2D eigenvalue weighted by atomic mass is 16.6. The second-order valence-corrected chi connectivity index (χ2v) is 7.16. The maximum absolute atomic E-state index is 12.7. The number of rotatable bonds is 5. The second-order valence-electron chi connectivity index (χ2n) is 7.16. The summed E-state index contributed by atoms with van der Waals surface area (Å²) in [5, 5.41) is 0. The van der Waals surface area contributed by atoms with Gasteiger partial charge in [-0.15, -0.1) is 0 Å². The third kappa shape index (κ3) is 2.92. The number of carbonyl (C=O) groups excluding carboxylic acids is 1. The van der Waals surface area contributed by atoms with Crippen molar-refractivity contribution in [3.63, 3.8) is 0 Å². The quantitative estimate of drug-likeness (QED) is 0.761. The largest absolute Gasteiger partial charge is 0.493 e. The van der Waals surface area contributed by atoms with Crippen LogP contribution < -0.4 is 14.2 Å². The van der Waals surface area contributed by atoms with Crippen LogP contribution in [0.5, 0.6) is 17.2 Å². The first-order chi connectivity index (χ1) is 11.9. The van der Waals surface area contributed by atoms with E-state index < -0.39 is 0 Å². The fourth-order valence-electron chi connectivity index (χ4n) is 4.10. The van der Waals surface area contributed by atoms with Gasteiger partial charge in [-0.05, 0) is 25.0 Å². The van der Waals surface area contributed by atoms with Gasteiger partial charge >= 0.3 is 5.97 Å². The number of hydrogen-bond donors (Lipinski definition) is 0. The second kappa shape index (κ2) is 6.75. The van der Waals surface area contributed by atoms with Crippen molar-refractivity contribution in [1.82, 2.24) is 0 Å². The molecule has 0 N–H and O–H groups in total. The molecule has 0 amide bonds. The number of hydrogen-bond acceptors (Lipinski definition) is 6. The molecule has 0 spiro atoms. The van der Waals surface area contributed by atoms with E-state index in [0.29, 0.717) is 22.8 Å². The van der Waals surface area contributed by atoms with Crippen LogP contribution in [0.2, 0.25) is 0 Å². The number of fused-ring (bicyclic) bond motifs is 1. The van der Waals surface area contributed by atoms with Gasteiger partial charge in [0.15, 0.2) is 11.5 Å². The standard InChI is InChI=1S/C19H26O6/c1-19(2)16-12(7-6-8-24-16)17(19)25-18(20)11-9-13(21-3)15(23-5)14(10-11)22-4/h9-10,12,16-17H,6-8H2,1-5H3/t12-,16+,17-/m1/s1. The maximum Gasteiger partial charge on any atom is 0.338 e. The van der Waals surface area contributed by atoms with Crippen molar-refractivity contribution in [3.05, 3.63) is 17.7 Å². The molecular formula is C19H26O6. The van der Waals surface area contributed by atoms with Crippen LogP contribution in [-0.2, 0) is 9.47 Å². The Labute approximate surface area is 148 Å². The van der Waals surface area contributed by atoms with Gasteiger partial charge in [0.1, 0.15) is 6.10 Å². The molecule has 25 heavy (non-hydrogen) atoms. The van der Waals surface area contributed by atoms with Crippen LogP contribution in [0.3, 0.4) is 0 Å². The van der Waals surface area contributed by atoms with Crippen LogP contribution >= 0.6 is 0 Å². The van der Waals surface area contributed by atoms with Crippen molar-refractivity contribution in [2.75, 3.05) is 27.9 Å². The molecule has 1 heterocycles. The summed E-state index contributed by atoms with van der Waals surface area (Å²) in [7, 11) is 4.56. The molecule has 6 nitrogen and oxygen atoms in total. The van der Waals surface area contributed by atoms with E-state index in [4.69, 9.17) is 23.7 Å². The summed E-state index contributed by atoms with van der Waals surface area (Å²) in [6, 6.07) is 3.23. The van der Waals surface area contributed by atoms with Crippen LogP contribution in [0.15, 0.2) is 12.1 Å². The SMILES string of the molecule is COc1cc(C(=O)O[C@@H]2[C@@H]3CCCO[C@@H]3C2(C)C)cc(OC)c1OC. The monoisotopic (exact) mass is 350 g/mol. The summed E-state index contributed by atoms with van der Waals surface area (Å²) in [6.45, 7) is 4.97. The van der Waals surface area contributed by atoms with Gasteiger partial charge in [-0.25, -0.2) is 4.79 Å². The Morgan fingerprint density at radius 3 is 2.32 bits per heavy atom. The van der Waals surface area contributed by atoms with Gasteiger partial charge in [-0.2, -0.15) is 0 Å². The van der Waals surface area contributed by atoms with Crippen molar-refractivity contribution in [2.45, 2.75) is 38.9 Å². The third-order valence-corrected chi connectivity index (χ3v) is 5.36. The summed E-state index contributed by atoms with van der Waals surface area (Å²) >= 11 is 0. The molecule has 1 aromatic rings. The summed E-state index contributed by atoms with van der Waals surface area (Å²) in [6.07, 6.45) is 2.06. The van der Waals surface area contributed by atoms with Gasteiger partial charge in [0, 0.05) is 17.9 Å². The zero-order valence-corrected chi connectivity index (χ0v) is 15.5. The minimum absolute atomic E-state index is 0.149. The Balaban J connectivity index is 1.82. The van der Waals surface area contributed by atoms with Gasteiger partial charge < -0.3 is 23.7 Å². The van der Waals surface area contributed by atoms with Gasteiger partial charge in [-0.1, -0.05) is 13.8 Å². The molecule has 0 radical (unpaired) electrons. The number of ether oxygens (including phenoxy) is 5. The average Bonchev–Trinajstić information content (AvgIpc) is 2.64. The van der Waals surface area contributed by atoms with Crippen molar-refractivity contribution >= 4 is 5.97 Å². The average molecular weight is 350 g/mol. The highest BCUT2D eigenvalue weighted by Gasteiger charge is 2.60. The minimum atomic E-state index is -0.388. The Kier molecular flexibility index (Phi) is 4.82.